The first kappa shape index (κ1) is 14.2. The van der Waals surface area contributed by atoms with Gasteiger partial charge < -0.3 is 10.4 Å². The number of carboxylic acids is 1. The predicted molar refractivity (Wildman–Crippen MR) is 71.4 cm³/mol. The highest BCUT2D eigenvalue weighted by atomic mass is 19.1. The molecule has 0 aromatic heterocycles. The predicted octanol–water partition coefficient (Wildman–Crippen LogP) is 2.42. The lowest BCUT2D eigenvalue weighted by Gasteiger charge is -2.20. The lowest BCUT2D eigenvalue weighted by Crippen LogP contribution is -2.34. The van der Waals surface area contributed by atoms with Gasteiger partial charge in [-0.1, -0.05) is 24.3 Å². The number of rotatable bonds is 5. The number of carboxylic acid groups (broad SMARTS) is 1. The molecule has 20 heavy (non-hydrogen) atoms. The highest BCUT2D eigenvalue weighted by Crippen LogP contribution is 2.22. The maximum atomic E-state index is 12.9. The third kappa shape index (κ3) is 3.66. The number of nitrogens with one attached hydrogen (secondary N) is 1. The molecule has 0 saturated carbocycles. The van der Waals surface area contributed by atoms with Crippen LogP contribution in [0.2, 0.25) is 0 Å². The second-order valence-electron chi connectivity index (χ2n) is 4.85. The van der Waals surface area contributed by atoms with Crippen LogP contribution in [0.5, 0.6) is 0 Å². The zero-order chi connectivity index (χ0) is 14.5. The quantitative estimate of drug-likeness (QED) is 0.812. The summed E-state index contributed by atoms with van der Waals surface area (Å²) in [5.74, 6) is -1.70. The highest BCUT2D eigenvalue weighted by Gasteiger charge is 2.24. The number of hydrogen-bond acceptors (Lipinski definition) is 2. The minimum absolute atomic E-state index is 0.133. The van der Waals surface area contributed by atoms with Crippen LogP contribution in [0.15, 0.2) is 36.4 Å². The maximum Gasteiger partial charge on any atom is 0.305 e. The number of carbonyl (C=O) groups is 2. The lowest BCUT2D eigenvalue weighted by atomic mass is 10.0. The summed E-state index contributed by atoms with van der Waals surface area (Å²) in [5, 5.41) is 11.7. The maximum absolute atomic E-state index is 12.9. The molecule has 1 aromatic rings. The van der Waals surface area contributed by atoms with Crippen molar-refractivity contribution >= 4 is 11.9 Å². The molecule has 1 aliphatic carbocycles. The molecule has 106 valence electrons. The Morgan fingerprint density at radius 2 is 1.85 bits per heavy atom. The van der Waals surface area contributed by atoms with E-state index in [4.69, 9.17) is 5.11 Å². The van der Waals surface area contributed by atoms with E-state index in [1.165, 1.54) is 24.3 Å². The molecule has 1 unspecified atom stereocenters. The Morgan fingerprint density at radius 1 is 1.25 bits per heavy atom. The van der Waals surface area contributed by atoms with Crippen LogP contribution in [0, 0.1) is 11.7 Å². The zero-order valence-corrected chi connectivity index (χ0v) is 10.9. The number of halogens is 1. The van der Waals surface area contributed by atoms with Crippen LogP contribution in [-0.4, -0.2) is 17.0 Å². The summed E-state index contributed by atoms with van der Waals surface area (Å²) in [4.78, 5) is 23.0. The number of allylic oxidation sites excluding steroid dienone is 2. The molecule has 1 aromatic carbocycles. The third-order valence-electron chi connectivity index (χ3n) is 3.35. The molecule has 0 saturated heterocycles. The van der Waals surface area contributed by atoms with Crippen molar-refractivity contribution in [2.24, 2.45) is 5.92 Å². The molecular formula is C15H16FNO3. The molecule has 0 fully saturated rings. The molecule has 0 aliphatic heterocycles. The van der Waals surface area contributed by atoms with Gasteiger partial charge in [-0.15, -0.1) is 0 Å². The Morgan fingerprint density at radius 3 is 2.40 bits per heavy atom. The average molecular weight is 277 g/mol. The smallest absolute Gasteiger partial charge is 0.305 e. The summed E-state index contributed by atoms with van der Waals surface area (Å²) in [6, 6.07) is 4.87. The summed E-state index contributed by atoms with van der Waals surface area (Å²) in [6.07, 6.45) is 5.00. The Bertz CT molecular complexity index is 516. The third-order valence-corrected chi connectivity index (χ3v) is 3.35. The standard InChI is InChI=1S/C15H16FNO3/c16-12-7-5-10(6-8-12)13(9-14(18)19)17-15(20)11-3-1-2-4-11/h1-2,5-8,11,13H,3-4,9H2,(H,17,20)(H,18,19). The summed E-state index contributed by atoms with van der Waals surface area (Å²) in [6.45, 7) is 0. The topological polar surface area (TPSA) is 66.4 Å². The van der Waals surface area contributed by atoms with Gasteiger partial charge >= 0.3 is 5.97 Å². The van der Waals surface area contributed by atoms with Gasteiger partial charge in [-0.3, -0.25) is 9.59 Å². The molecule has 0 bridgehead atoms. The fourth-order valence-corrected chi connectivity index (χ4v) is 2.24. The molecule has 0 spiro atoms. The number of aliphatic carboxylic acids is 1. The SMILES string of the molecule is O=C(O)CC(NC(=O)C1CC=CC1)c1ccc(F)cc1. The fourth-order valence-electron chi connectivity index (χ4n) is 2.24. The Labute approximate surface area is 116 Å². The largest absolute Gasteiger partial charge is 0.481 e. The van der Waals surface area contributed by atoms with Gasteiger partial charge in [-0.05, 0) is 30.5 Å². The van der Waals surface area contributed by atoms with E-state index in [2.05, 4.69) is 5.32 Å². The van der Waals surface area contributed by atoms with Crippen molar-refractivity contribution in [2.45, 2.75) is 25.3 Å². The second kappa shape index (κ2) is 6.32. The molecule has 0 heterocycles. The van der Waals surface area contributed by atoms with Crippen molar-refractivity contribution in [2.75, 3.05) is 0 Å². The van der Waals surface area contributed by atoms with Crippen molar-refractivity contribution in [1.82, 2.24) is 5.32 Å². The normalized spacial score (nSPS) is 16.1. The van der Waals surface area contributed by atoms with Gasteiger partial charge in [0.15, 0.2) is 0 Å². The number of amides is 1. The highest BCUT2D eigenvalue weighted by molar-refractivity contribution is 5.80. The van der Waals surface area contributed by atoms with Gasteiger partial charge in [0.1, 0.15) is 5.82 Å². The van der Waals surface area contributed by atoms with Gasteiger partial charge in [-0.2, -0.15) is 0 Å². The Hall–Kier alpha value is -2.17. The molecule has 2 rings (SSSR count). The van der Waals surface area contributed by atoms with Crippen LogP contribution in [0.3, 0.4) is 0 Å². The van der Waals surface area contributed by atoms with Gasteiger partial charge in [-0.25, -0.2) is 4.39 Å². The summed E-state index contributed by atoms with van der Waals surface area (Å²) in [7, 11) is 0. The van der Waals surface area contributed by atoms with Crippen molar-refractivity contribution in [3.05, 3.63) is 47.8 Å². The fraction of sp³-hybridized carbons (Fsp3) is 0.333. The molecule has 1 amide bonds. The summed E-state index contributed by atoms with van der Waals surface area (Å²) >= 11 is 0. The monoisotopic (exact) mass is 277 g/mol. The van der Waals surface area contributed by atoms with Gasteiger partial charge in [0.25, 0.3) is 0 Å². The van der Waals surface area contributed by atoms with Gasteiger partial charge in [0, 0.05) is 5.92 Å². The second-order valence-corrected chi connectivity index (χ2v) is 4.85. The molecule has 4 nitrogen and oxygen atoms in total. The van der Waals surface area contributed by atoms with E-state index in [9.17, 15) is 14.0 Å². The zero-order valence-electron chi connectivity index (χ0n) is 10.9. The number of carbonyl (C=O) groups excluding carboxylic acids is 1. The van der Waals surface area contributed by atoms with Crippen molar-refractivity contribution in [1.29, 1.82) is 0 Å². The summed E-state index contributed by atoms with van der Waals surface area (Å²) < 4.78 is 12.9. The van der Waals surface area contributed by atoms with Crippen LogP contribution in [-0.2, 0) is 9.59 Å². The Balaban J connectivity index is 2.08. The van der Waals surface area contributed by atoms with E-state index in [1.54, 1.807) is 0 Å². The molecule has 1 aliphatic rings. The van der Waals surface area contributed by atoms with Crippen LogP contribution < -0.4 is 5.32 Å². The number of hydrogen-bond donors (Lipinski definition) is 2. The molecule has 0 radical (unpaired) electrons. The van der Waals surface area contributed by atoms with E-state index in [1.807, 2.05) is 12.2 Å². The summed E-state index contributed by atoms with van der Waals surface area (Å²) in [5.41, 5.74) is 0.591. The first-order valence-electron chi connectivity index (χ1n) is 6.49. The molecule has 5 heteroatoms. The first-order chi connectivity index (χ1) is 9.56. The van der Waals surface area contributed by atoms with E-state index < -0.39 is 17.8 Å². The van der Waals surface area contributed by atoms with Crippen LogP contribution in [0.1, 0.15) is 30.9 Å². The van der Waals surface area contributed by atoms with Gasteiger partial charge in [0.2, 0.25) is 5.91 Å². The van der Waals surface area contributed by atoms with Crippen LogP contribution >= 0.6 is 0 Å². The molecule has 2 N–H and O–H groups in total. The van der Waals surface area contributed by atoms with Crippen LogP contribution in [0.4, 0.5) is 4.39 Å². The average Bonchev–Trinajstić information content (AvgIpc) is 2.92. The molecule has 1 atom stereocenters. The lowest BCUT2D eigenvalue weighted by molar-refractivity contribution is -0.137. The Kier molecular flexibility index (Phi) is 4.50. The first-order valence-corrected chi connectivity index (χ1v) is 6.49. The van der Waals surface area contributed by atoms with E-state index in [0.717, 1.165) is 0 Å². The van der Waals surface area contributed by atoms with Crippen LogP contribution in [0.25, 0.3) is 0 Å². The van der Waals surface area contributed by atoms with Crippen molar-refractivity contribution < 1.29 is 19.1 Å². The van der Waals surface area contributed by atoms with E-state index in [0.29, 0.717) is 18.4 Å². The number of benzene rings is 1. The van der Waals surface area contributed by atoms with Gasteiger partial charge in [0.05, 0.1) is 12.5 Å². The van der Waals surface area contributed by atoms with Crippen molar-refractivity contribution in [3.63, 3.8) is 0 Å². The minimum atomic E-state index is -1.01. The minimum Gasteiger partial charge on any atom is -0.481 e. The van der Waals surface area contributed by atoms with E-state index >= 15 is 0 Å². The van der Waals surface area contributed by atoms with Crippen molar-refractivity contribution in [3.8, 4) is 0 Å². The van der Waals surface area contributed by atoms with E-state index in [-0.39, 0.29) is 18.2 Å². The molecular weight excluding hydrogens is 261 g/mol.